The summed E-state index contributed by atoms with van der Waals surface area (Å²) in [5.74, 6) is 1.11. The van der Waals surface area contributed by atoms with E-state index in [0.29, 0.717) is 23.7 Å². The first kappa shape index (κ1) is 14.2. The predicted octanol–water partition coefficient (Wildman–Crippen LogP) is 3.86. The molecule has 0 aliphatic rings. The molecule has 3 rings (SSSR count). The fourth-order valence-electron chi connectivity index (χ4n) is 1.90. The van der Waals surface area contributed by atoms with Crippen molar-refractivity contribution in [2.75, 3.05) is 7.11 Å². The number of nitriles is 1. The molecule has 0 N–H and O–H groups in total. The predicted molar refractivity (Wildman–Crippen MR) is 81.9 cm³/mol. The molecule has 1 aromatic carbocycles. The van der Waals surface area contributed by atoms with Gasteiger partial charge in [0.2, 0.25) is 0 Å². The van der Waals surface area contributed by atoms with E-state index in [4.69, 9.17) is 19.2 Å². The minimum atomic E-state index is 0.330. The minimum Gasteiger partial charge on any atom is -0.493 e. The molecule has 0 radical (unpaired) electrons. The van der Waals surface area contributed by atoms with Gasteiger partial charge in [-0.15, -0.1) is 11.3 Å². The van der Waals surface area contributed by atoms with E-state index in [1.807, 2.05) is 11.4 Å². The number of rotatable bonds is 5. The first-order valence-corrected chi connectivity index (χ1v) is 7.36. The van der Waals surface area contributed by atoms with Crippen molar-refractivity contribution in [3.05, 3.63) is 53.4 Å². The van der Waals surface area contributed by atoms with Gasteiger partial charge in [0.05, 0.1) is 30.7 Å². The molecule has 22 heavy (non-hydrogen) atoms. The molecule has 0 aliphatic heterocycles. The van der Waals surface area contributed by atoms with Crippen molar-refractivity contribution >= 4 is 11.3 Å². The second-order valence-corrected chi connectivity index (χ2v) is 5.28. The molecule has 0 unspecified atom stereocenters. The van der Waals surface area contributed by atoms with E-state index in [-0.39, 0.29) is 0 Å². The van der Waals surface area contributed by atoms with E-state index >= 15 is 0 Å². The van der Waals surface area contributed by atoms with Crippen LogP contribution in [0.3, 0.4) is 0 Å². The van der Waals surface area contributed by atoms with Crippen LogP contribution in [0.15, 0.2) is 46.6 Å². The molecule has 2 heterocycles. The SMILES string of the molecule is COc1cc(C#N)ccc1OCc1csc(-c2ccoc2)n1. The van der Waals surface area contributed by atoms with Crippen molar-refractivity contribution in [1.82, 2.24) is 4.98 Å². The minimum absolute atomic E-state index is 0.330. The van der Waals surface area contributed by atoms with Gasteiger partial charge in [0.1, 0.15) is 17.9 Å². The summed E-state index contributed by atoms with van der Waals surface area (Å²) in [6.07, 6.45) is 3.28. The van der Waals surface area contributed by atoms with Gasteiger partial charge >= 0.3 is 0 Å². The second kappa shape index (κ2) is 6.33. The number of hydrogen-bond acceptors (Lipinski definition) is 6. The Bertz CT molecular complexity index is 803. The maximum absolute atomic E-state index is 8.89. The third-order valence-electron chi connectivity index (χ3n) is 2.99. The maximum Gasteiger partial charge on any atom is 0.162 e. The zero-order valence-corrected chi connectivity index (χ0v) is 12.6. The quantitative estimate of drug-likeness (QED) is 0.715. The molecule has 0 saturated carbocycles. The topological polar surface area (TPSA) is 68.3 Å². The van der Waals surface area contributed by atoms with E-state index in [1.54, 1.807) is 37.8 Å². The van der Waals surface area contributed by atoms with Gasteiger partial charge in [0.25, 0.3) is 0 Å². The lowest BCUT2D eigenvalue weighted by Gasteiger charge is -2.09. The normalized spacial score (nSPS) is 10.2. The number of methoxy groups -OCH3 is 1. The Labute approximate surface area is 131 Å². The molecule has 110 valence electrons. The number of furan rings is 1. The summed E-state index contributed by atoms with van der Waals surface area (Å²) in [5.41, 5.74) is 2.31. The van der Waals surface area contributed by atoms with Crippen LogP contribution < -0.4 is 9.47 Å². The Hall–Kier alpha value is -2.78. The van der Waals surface area contributed by atoms with Crippen molar-refractivity contribution in [2.24, 2.45) is 0 Å². The lowest BCUT2D eigenvalue weighted by molar-refractivity contribution is 0.281. The number of hydrogen-bond donors (Lipinski definition) is 0. The summed E-state index contributed by atoms with van der Waals surface area (Å²) in [6.45, 7) is 0.330. The largest absolute Gasteiger partial charge is 0.493 e. The van der Waals surface area contributed by atoms with Crippen LogP contribution in [0.2, 0.25) is 0 Å². The Morgan fingerprint density at radius 1 is 1.32 bits per heavy atom. The van der Waals surface area contributed by atoms with Crippen LogP contribution in [0.4, 0.5) is 0 Å². The summed E-state index contributed by atoms with van der Waals surface area (Å²) >= 11 is 1.53. The summed E-state index contributed by atoms with van der Waals surface area (Å²) in [4.78, 5) is 4.50. The molecule has 0 bridgehead atoms. The van der Waals surface area contributed by atoms with Crippen LogP contribution in [-0.4, -0.2) is 12.1 Å². The van der Waals surface area contributed by atoms with Gasteiger partial charge in [-0.3, -0.25) is 0 Å². The highest BCUT2D eigenvalue weighted by Gasteiger charge is 2.09. The number of ether oxygens (including phenoxy) is 2. The molecule has 6 heteroatoms. The van der Waals surface area contributed by atoms with Crippen LogP contribution in [-0.2, 0) is 6.61 Å². The lowest BCUT2D eigenvalue weighted by Crippen LogP contribution is -1.98. The lowest BCUT2D eigenvalue weighted by atomic mass is 10.2. The molecular formula is C16H12N2O3S. The van der Waals surface area contributed by atoms with Crippen LogP contribution in [0.25, 0.3) is 10.6 Å². The highest BCUT2D eigenvalue weighted by Crippen LogP contribution is 2.29. The molecule has 0 fully saturated rings. The molecule has 5 nitrogen and oxygen atoms in total. The van der Waals surface area contributed by atoms with Crippen molar-refractivity contribution in [2.45, 2.75) is 6.61 Å². The number of nitrogens with zero attached hydrogens (tertiary/aromatic N) is 2. The van der Waals surface area contributed by atoms with Crippen LogP contribution in [0.5, 0.6) is 11.5 Å². The fourth-order valence-corrected chi connectivity index (χ4v) is 2.69. The number of aromatic nitrogens is 1. The van der Waals surface area contributed by atoms with Gasteiger partial charge in [-0.05, 0) is 18.2 Å². The fraction of sp³-hybridized carbons (Fsp3) is 0.125. The van der Waals surface area contributed by atoms with Crippen molar-refractivity contribution in [1.29, 1.82) is 5.26 Å². The third-order valence-corrected chi connectivity index (χ3v) is 3.93. The highest BCUT2D eigenvalue weighted by atomic mass is 32.1. The van der Waals surface area contributed by atoms with Gasteiger partial charge in [0.15, 0.2) is 11.5 Å². The average molecular weight is 312 g/mol. The van der Waals surface area contributed by atoms with E-state index in [1.165, 1.54) is 11.3 Å². The zero-order valence-electron chi connectivity index (χ0n) is 11.8. The van der Waals surface area contributed by atoms with Crippen LogP contribution >= 0.6 is 11.3 Å². The first-order chi connectivity index (χ1) is 10.8. The second-order valence-electron chi connectivity index (χ2n) is 4.42. The molecule has 2 aromatic heterocycles. The zero-order chi connectivity index (χ0) is 15.4. The average Bonchev–Trinajstić information content (AvgIpc) is 3.23. The molecule has 0 atom stereocenters. The van der Waals surface area contributed by atoms with Gasteiger partial charge in [-0.2, -0.15) is 5.26 Å². The van der Waals surface area contributed by atoms with E-state index in [9.17, 15) is 0 Å². The van der Waals surface area contributed by atoms with Gasteiger partial charge < -0.3 is 13.9 Å². The van der Waals surface area contributed by atoms with Crippen molar-refractivity contribution in [3.8, 4) is 28.1 Å². The van der Waals surface area contributed by atoms with Crippen LogP contribution in [0.1, 0.15) is 11.3 Å². The van der Waals surface area contributed by atoms with E-state index < -0.39 is 0 Å². The summed E-state index contributed by atoms with van der Waals surface area (Å²) < 4.78 is 16.0. The van der Waals surface area contributed by atoms with Gasteiger partial charge in [-0.1, -0.05) is 0 Å². The molecule has 0 spiro atoms. The smallest absolute Gasteiger partial charge is 0.162 e. The van der Waals surface area contributed by atoms with Crippen LogP contribution in [0, 0.1) is 11.3 Å². The molecule has 0 amide bonds. The Kier molecular flexibility index (Phi) is 4.08. The molecular weight excluding hydrogens is 300 g/mol. The van der Waals surface area contributed by atoms with Gasteiger partial charge in [-0.25, -0.2) is 4.98 Å². The molecule has 0 aliphatic carbocycles. The van der Waals surface area contributed by atoms with Gasteiger partial charge in [0, 0.05) is 17.0 Å². The monoisotopic (exact) mass is 312 g/mol. The van der Waals surface area contributed by atoms with Crippen molar-refractivity contribution in [3.63, 3.8) is 0 Å². The van der Waals surface area contributed by atoms with E-state index in [2.05, 4.69) is 11.1 Å². The third kappa shape index (κ3) is 2.95. The van der Waals surface area contributed by atoms with Crippen molar-refractivity contribution < 1.29 is 13.9 Å². The summed E-state index contributed by atoms with van der Waals surface area (Å²) in [7, 11) is 1.54. The molecule has 0 saturated heterocycles. The summed E-state index contributed by atoms with van der Waals surface area (Å²) in [6, 6.07) is 8.99. The first-order valence-electron chi connectivity index (χ1n) is 6.48. The number of benzene rings is 1. The molecule has 3 aromatic rings. The number of thiazole rings is 1. The Morgan fingerprint density at radius 2 is 2.23 bits per heavy atom. The Morgan fingerprint density at radius 3 is 2.95 bits per heavy atom. The Balaban J connectivity index is 1.72. The maximum atomic E-state index is 8.89. The van der Waals surface area contributed by atoms with E-state index in [0.717, 1.165) is 16.3 Å². The summed E-state index contributed by atoms with van der Waals surface area (Å²) in [5, 5.41) is 11.7. The standard InChI is InChI=1S/C16H12N2O3S/c1-19-15-6-11(7-17)2-3-14(15)21-9-13-10-22-16(18-13)12-4-5-20-8-12/h2-6,8,10H,9H2,1H3. The highest BCUT2D eigenvalue weighted by molar-refractivity contribution is 7.13.